The Morgan fingerprint density at radius 1 is 1.33 bits per heavy atom. The first-order valence-corrected chi connectivity index (χ1v) is 4.85. The highest BCUT2D eigenvalue weighted by Crippen LogP contribution is 2.38. The zero-order chi connectivity index (χ0) is 11.1. The first-order valence-electron chi connectivity index (χ1n) is 4.85. The Morgan fingerprint density at radius 2 is 1.93 bits per heavy atom. The summed E-state index contributed by atoms with van der Waals surface area (Å²) < 4.78 is 30.9. The molecule has 1 aliphatic rings. The lowest BCUT2D eigenvalue weighted by Gasteiger charge is -2.12. The van der Waals surface area contributed by atoms with Crippen LogP contribution < -0.4 is 10.5 Å². The van der Waals surface area contributed by atoms with Gasteiger partial charge in [-0.25, -0.2) is 8.78 Å². The number of hydrogen-bond donors (Lipinski definition) is 1. The van der Waals surface area contributed by atoms with E-state index in [1.165, 1.54) is 13.2 Å². The summed E-state index contributed by atoms with van der Waals surface area (Å²) in [5.41, 5.74) is 6.32. The Balaban J connectivity index is 2.31. The van der Waals surface area contributed by atoms with Crippen molar-refractivity contribution < 1.29 is 13.5 Å². The van der Waals surface area contributed by atoms with Crippen molar-refractivity contribution >= 4 is 0 Å². The van der Waals surface area contributed by atoms with Crippen molar-refractivity contribution in [3.63, 3.8) is 0 Å². The molecular weight excluding hydrogens is 200 g/mol. The molecule has 82 valence electrons. The predicted molar refractivity (Wildman–Crippen MR) is 52.8 cm³/mol. The van der Waals surface area contributed by atoms with Gasteiger partial charge in [-0.3, -0.25) is 0 Å². The Bertz CT molecular complexity index is 388. The van der Waals surface area contributed by atoms with Crippen LogP contribution in [0.1, 0.15) is 18.4 Å². The normalized spacial score (nSPS) is 17.6. The molecule has 0 radical (unpaired) electrons. The maximum Gasteiger partial charge on any atom is 0.162 e. The Hall–Kier alpha value is -1.16. The number of halogens is 2. The van der Waals surface area contributed by atoms with E-state index < -0.39 is 11.6 Å². The average Bonchev–Trinajstić information content (AvgIpc) is 2.89. The van der Waals surface area contributed by atoms with Gasteiger partial charge in [0.15, 0.2) is 11.6 Å². The maximum atomic E-state index is 13.0. The monoisotopic (exact) mass is 213 g/mol. The molecule has 0 bridgehead atoms. The Kier molecular flexibility index (Phi) is 2.38. The van der Waals surface area contributed by atoms with Crippen LogP contribution in [-0.4, -0.2) is 12.6 Å². The molecule has 0 amide bonds. The number of hydrogen-bond acceptors (Lipinski definition) is 2. The van der Waals surface area contributed by atoms with Crippen LogP contribution >= 0.6 is 0 Å². The fourth-order valence-electron chi connectivity index (χ4n) is 1.61. The van der Waals surface area contributed by atoms with Crippen LogP contribution in [-0.2, 0) is 6.42 Å². The standard InChI is InChI=1S/C11H13F2NO/c1-15-10-5-9(13)8(12)4-7(10)6-11(14)2-3-11/h4-5H,2-3,6,14H2,1H3. The van der Waals surface area contributed by atoms with Gasteiger partial charge in [0, 0.05) is 11.6 Å². The summed E-state index contributed by atoms with van der Waals surface area (Å²) >= 11 is 0. The molecule has 0 saturated heterocycles. The van der Waals surface area contributed by atoms with Crippen molar-refractivity contribution in [2.45, 2.75) is 24.8 Å². The maximum absolute atomic E-state index is 13.0. The number of ether oxygens (including phenoxy) is 1. The highest BCUT2D eigenvalue weighted by Gasteiger charge is 2.38. The van der Waals surface area contributed by atoms with Gasteiger partial charge >= 0.3 is 0 Å². The van der Waals surface area contributed by atoms with Crippen LogP contribution in [0.2, 0.25) is 0 Å². The molecule has 2 rings (SSSR count). The molecule has 0 heterocycles. The molecule has 4 heteroatoms. The molecule has 2 N–H and O–H groups in total. The summed E-state index contributed by atoms with van der Waals surface area (Å²) in [7, 11) is 1.44. The van der Waals surface area contributed by atoms with Gasteiger partial charge in [-0.2, -0.15) is 0 Å². The van der Waals surface area contributed by atoms with Gasteiger partial charge in [-0.05, 0) is 30.9 Å². The third kappa shape index (κ3) is 2.09. The molecular formula is C11H13F2NO. The smallest absolute Gasteiger partial charge is 0.162 e. The van der Waals surface area contributed by atoms with E-state index in [1.807, 2.05) is 0 Å². The molecule has 2 nitrogen and oxygen atoms in total. The minimum absolute atomic E-state index is 0.239. The second kappa shape index (κ2) is 3.45. The van der Waals surface area contributed by atoms with Gasteiger partial charge in [0.05, 0.1) is 7.11 Å². The summed E-state index contributed by atoms with van der Waals surface area (Å²) in [5, 5.41) is 0. The lowest BCUT2D eigenvalue weighted by molar-refractivity contribution is 0.398. The minimum atomic E-state index is -0.891. The fraction of sp³-hybridized carbons (Fsp3) is 0.455. The van der Waals surface area contributed by atoms with Crippen LogP contribution in [0.15, 0.2) is 12.1 Å². The molecule has 1 saturated carbocycles. The van der Waals surface area contributed by atoms with Crippen LogP contribution in [0.25, 0.3) is 0 Å². The van der Waals surface area contributed by atoms with Crippen LogP contribution in [0, 0.1) is 11.6 Å². The van der Waals surface area contributed by atoms with Crippen LogP contribution in [0.3, 0.4) is 0 Å². The van der Waals surface area contributed by atoms with Crippen molar-refractivity contribution in [2.24, 2.45) is 5.73 Å². The largest absolute Gasteiger partial charge is 0.496 e. The lowest BCUT2D eigenvalue weighted by Crippen LogP contribution is -2.24. The van der Waals surface area contributed by atoms with Gasteiger partial charge in [0.25, 0.3) is 0 Å². The first kappa shape index (κ1) is 10.4. The second-order valence-corrected chi connectivity index (χ2v) is 4.12. The molecule has 0 aliphatic heterocycles. The third-order valence-corrected chi connectivity index (χ3v) is 2.76. The van der Waals surface area contributed by atoms with Gasteiger partial charge in [-0.15, -0.1) is 0 Å². The zero-order valence-electron chi connectivity index (χ0n) is 8.52. The molecule has 0 aromatic heterocycles. The molecule has 0 atom stereocenters. The zero-order valence-corrected chi connectivity index (χ0v) is 8.52. The van der Waals surface area contributed by atoms with Crippen molar-refractivity contribution in [3.8, 4) is 5.75 Å². The summed E-state index contributed by atoms with van der Waals surface area (Å²) in [5.74, 6) is -1.38. The summed E-state index contributed by atoms with van der Waals surface area (Å²) in [6, 6.07) is 2.23. The minimum Gasteiger partial charge on any atom is -0.496 e. The van der Waals surface area contributed by atoms with Crippen molar-refractivity contribution in [2.75, 3.05) is 7.11 Å². The molecule has 0 spiro atoms. The Morgan fingerprint density at radius 3 is 2.47 bits per heavy atom. The SMILES string of the molecule is COc1cc(F)c(F)cc1CC1(N)CC1. The van der Waals surface area contributed by atoms with E-state index >= 15 is 0 Å². The van der Waals surface area contributed by atoms with Crippen LogP contribution in [0.4, 0.5) is 8.78 Å². The predicted octanol–water partition coefficient (Wildman–Crippen LogP) is 2.01. The lowest BCUT2D eigenvalue weighted by atomic mass is 10.0. The van der Waals surface area contributed by atoms with Gasteiger partial charge < -0.3 is 10.5 Å². The van der Waals surface area contributed by atoms with E-state index in [4.69, 9.17) is 10.5 Å². The first-order chi connectivity index (χ1) is 7.04. The van der Waals surface area contributed by atoms with E-state index in [2.05, 4.69) is 0 Å². The van der Waals surface area contributed by atoms with E-state index in [9.17, 15) is 8.78 Å². The van der Waals surface area contributed by atoms with Gasteiger partial charge in [0.2, 0.25) is 0 Å². The molecule has 1 aliphatic carbocycles. The molecule has 0 unspecified atom stereocenters. The second-order valence-electron chi connectivity index (χ2n) is 4.12. The quantitative estimate of drug-likeness (QED) is 0.833. The van der Waals surface area contributed by atoms with E-state index in [0.717, 1.165) is 18.9 Å². The van der Waals surface area contributed by atoms with Crippen LogP contribution in [0.5, 0.6) is 5.75 Å². The topological polar surface area (TPSA) is 35.2 Å². The van der Waals surface area contributed by atoms with Crippen molar-refractivity contribution in [1.82, 2.24) is 0 Å². The number of methoxy groups -OCH3 is 1. The third-order valence-electron chi connectivity index (χ3n) is 2.76. The van der Waals surface area contributed by atoms with E-state index in [-0.39, 0.29) is 5.54 Å². The fourth-order valence-corrected chi connectivity index (χ4v) is 1.61. The number of nitrogens with two attached hydrogens (primary N) is 1. The summed E-state index contributed by atoms with van der Waals surface area (Å²) in [6.07, 6.45) is 2.39. The average molecular weight is 213 g/mol. The van der Waals surface area contributed by atoms with Crippen molar-refractivity contribution in [1.29, 1.82) is 0 Å². The van der Waals surface area contributed by atoms with Gasteiger partial charge in [0.1, 0.15) is 5.75 Å². The highest BCUT2D eigenvalue weighted by molar-refractivity contribution is 5.37. The van der Waals surface area contributed by atoms with Gasteiger partial charge in [-0.1, -0.05) is 0 Å². The molecule has 1 aromatic rings. The molecule has 1 aromatic carbocycles. The Labute approximate surface area is 87.0 Å². The number of benzene rings is 1. The number of rotatable bonds is 3. The van der Waals surface area contributed by atoms with Crippen molar-refractivity contribution in [3.05, 3.63) is 29.3 Å². The summed E-state index contributed by atoms with van der Waals surface area (Å²) in [4.78, 5) is 0. The molecule has 15 heavy (non-hydrogen) atoms. The summed E-state index contributed by atoms with van der Waals surface area (Å²) in [6.45, 7) is 0. The van der Waals surface area contributed by atoms with E-state index in [1.54, 1.807) is 0 Å². The van der Waals surface area contributed by atoms with E-state index in [0.29, 0.717) is 17.7 Å². The molecule has 1 fully saturated rings. The highest BCUT2D eigenvalue weighted by atomic mass is 19.2.